The summed E-state index contributed by atoms with van der Waals surface area (Å²) in [7, 11) is 1.30. The topological polar surface area (TPSA) is 163 Å². The molecule has 3 rings (SSSR count). The predicted octanol–water partition coefficient (Wildman–Crippen LogP) is -1.27. The molecule has 3 heterocycles. The second kappa shape index (κ2) is 8.65. The highest BCUT2D eigenvalue weighted by atomic mass is 17.2. The first-order valence-corrected chi connectivity index (χ1v) is 8.67. The number of ether oxygens (including phenoxy) is 2. The van der Waals surface area contributed by atoms with E-state index in [1.165, 1.54) is 25.5 Å². The lowest BCUT2D eigenvalue weighted by Gasteiger charge is -2.23. The highest BCUT2D eigenvalue weighted by molar-refractivity contribution is 6.10. The van der Waals surface area contributed by atoms with Crippen molar-refractivity contribution in [2.45, 2.75) is 38.4 Å². The van der Waals surface area contributed by atoms with Crippen LogP contribution in [0.15, 0.2) is 4.99 Å². The SMILES string of the molecule is COOC[C@H]1O[C@@H](n2c(C=O)nc3c2NCN=C3NC(C)=O)[C@H](O)[C@@H]1OC(C)=O. The van der Waals surface area contributed by atoms with Gasteiger partial charge in [0.15, 0.2) is 30.3 Å². The number of hydrogen-bond acceptors (Lipinski definition) is 11. The summed E-state index contributed by atoms with van der Waals surface area (Å²) in [6.45, 7) is 2.47. The van der Waals surface area contributed by atoms with Crippen LogP contribution < -0.4 is 10.6 Å². The van der Waals surface area contributed by atoms with Crippen molar-refractivity contribution < 1.29 is 38.7 Å². The van der Waals surface area contributed by atoms with Gasteiger partial charge in [-0.3, -0.25) is 19.0 Å². The minimum Gasteiger partial charge on any atom is -0.457 e. The molecule has 0 bridgehead atoms. The van der Waals surface area contributed by atoms with Gasteiger partial charge in [0.1, 0.15) is 37.0 Å². The van der Waals surface area contributed by atoms with E-state index in [0.29, 0.717) is 12.1 Å². The van der Waals surface area contributed by atoms with Crippen molar-refractivity contribution in [3.8, 4) is 0 Å². The molecular weight excluding hydrogens is 390 g/mol. The van der Waals surface area contributed by atoms with Crippen molar-refractivity contribution in [2.75, 3.05) is 25.7 Å². The van der Waals surface area contributed by atoms with Crippen LogP contribution in [0.25, 0.3) is 0 Å². The number of anilines is 1. The molecule has 0 saturated carbocycles. The molecule has 0 aliphatic carbocycles. The highest BCUT2D eigenvalue weighted by Crippen LogP contribution is 2.36. The van der Waals surface area contributed by atoms with Crippen LogP contribution in [0.3, 0.4) is 0 Å². The van der Waals surface area contributed by atoms with Crippen LogP contribution in [-0.2, 0) is 28.8 Å². The monoisotopic (exact) mass is 411 g/mol. The van der Waals surface area contributed by atoms with Gasteiger partial charge in [-0.25, -0.2) is 19.8 Å². The third-order valence-electron chi connectivity index (χ3n) is 4.26. The molecule has 1 aromatic heterocycles. The van der Waals surface area contributed by atoms with Gasteiger partial charge in [0, 0.05) is 13.8 Å². The molecule has 0 unspecified atom stereocenters. The number of fused-ring (bicyclic) bond motifs is 1. The summed E-state index contributed by atoms with van der Waals surface area (Å²) in [6.07, 6.45) is -3.95. The van der Waals surface area contributed by atoms with Crippen LogP contribution >= 0.6 is 0 Å². The molecule has 0 aromatic carbocycles. The largest absolute Gasteiger partial charge is 0.457 e. The van der Waals surface area contributed by atoms with Gasteiger partial charge in [-0.05, 0) is 0 Å². The first kappa shape index (κ1) is 20.9. The number of amidine groups is 1. The fraction of sp³-hybridized carbons (Fsp3) is 0.562. The van der Waals surface area contributed by atoms with E-state index in [-0.39, 0.29) is 36.5 Å². The molecule has 3 N–H and O–H groups in total. The average Bonchev–Trinajstić information content (AvgIpc) is 3.18. The third-order valence-corrected chi connectivity index (χ3v) is 4.26. The Balaban J connectivity index is 1.98. The fourth-order valence-electron chi connectivity index (χ4n) is 3.20. The number of aliphatic hydroxyl groups is 1. The second-order valence-corrected chi connectivity index (χ2v) is 6.26. The molecule has 1 aromatic rings. The lowest BCUT2D eigenvalue weighted by molar-refractivity contribution is -0.290. The Morgan fingerprint density at radius 3 is 2.83 bits per heavy atom. The van der Waals surface area contributed by atoms with Crippen LogP contribution in [-0.4, -0.2) is 77.4 Å². The van der Waals surface area contributed by atoms with E-state index < -0.39 is 30.5 Å². The molecule has 158 valence electrons. The molecule has 1 amide bonds. The number of hydrogen-bond donors (Lipinski definition) is 3. The lowest BCUT2D eigenvalue weighted by atomic mass is 10.1. The molecular formula is C16H21N5O8. The number of aromatic nitrogens is 2. The van der Waals surface area contributed by atoms with E-state index in [9.17, 15) is 19.5 Å². The van der Waals surface area contributed by atoms with Crippen LogP contribution in [0.1, 0.15) is 36.4 Å². The van der Waals surface area contributed by atoms with Gasteiger partial charge >= 0.3 is 5.97 Å². The number of aldehydes is 1. The third kappa shape index (κ3) is 4.12. The Labute approximate surface area is 164 Å². The zero-order valence-corrected chi connectivity index (χ0v) is 15.9. The van der Waals surface area contributed by atoms with Crippen LogP contribution in [0.2, 0.25) is 0 Å². The van der Waals surface area contributed by atoms with Crippen molar-refractivity contribution in [1.82, 2.24) is 14.9 Å². The van der Waals surface area contributed by atoms with E-state index in [4.69, 9.17) is 14.4 Å². The Morgan fingerprint density at radius 2 is 2.21 bits per heavy atom. The standard InChI is InChI=1S/C16H21N5O8/c1-7(23)19-14-11-15(18-6-17-14)21(10(4-22)20-11)16-12(25)13(28-8(2)24)9(29-16)5-27-26-3/h4,9,12-13,16,18,25H,5-6H2,1-3H3,(H,17,19,23)/t9-,12-,13-,16-/m1/s1. The number of imidazole rings is 1. The molecule has 1 fully saturated rings. The quantitative estimate of drug-likeness (QED) is 0.223. The van der Waals surface area contributed by atoms with Crippen LogP contribution in [0, 0.1) is 0 Å². The summed E-state index contributed by atoms with van der Waals surface area (Å²) < 4.78 is 12.3. The minimum absolute atomic E-state index is 0.0820. The zero-order chi connectivity index (χ0) is 21.1. The molecule has 4 atom stereocenters. The molecule has 2 aliphatic heterocycles. The molecule has 13 nitrogen and oxygen atoms in total. The number of carbonyl (C=O) groups excluding carboxylic acids is 3. The van der Waals surface area contributed by atoms with Crippen LogP contribution in [0.5, 0.6) is 0 Å². The van der Waals surface area contributed by atoms with Crippen molar-refractivity contribution >= 4 is 29.8 Å². The molecule has 0 spiro atoms. The highest BCUT2D eigenvalue weighted by Gasteiger charge is 2.49. The van der Waals surface area contributed by atoms with E-state index >= 15 is 0 Å². The van der Waals surface area contributed by atoms with Gasteiger partial charge in [0.05, 0.1) is 7.11 Å². The summed E-state index contributed by atoms with van der Waals surface area (Å²) >= 11 is 0. The maximum absolute atomic E-state index is 11.6. The van der Waals surface area contributed by atoms with Crippen molar-refractivity contribution in [3.05, 3.63) is 11.5 Å². The summed E-state index contributed by atoms with van der Waals surface area (Å²) in [5, 5.41) is 16.3. The zero-order valence-electron chi connectivity index (χ0n) is 15.9. The first-order chi connectivity index (χ1) is 13.9. The Hall–Kier alpha value is -2.87. The summed E-state index contributed by atoms with van der Waals surface area (Å²) in [5.41, 5.74) is 0.213. The number of aliphatic hydroxyl groups excluding tert-OH is 1. The summed E-state index contributed by atoms with van der Waals surface area (Å²) in [5.74, 6) is -0.576. The van der Waals surface area contributed by atoms with Crippen molar-refractivity contribution in [1.29, 1.82) is 0 Å². The van der Waals surface area contributed by atoms with E-state index in [1.807, 2.05) is 0 Å². The van der Waals surface area contributed by atoms with E-state index in [0.717, 1.165) is 0 Å². The predicted molar refractivity (Wildman–Crippen MR) is 94.9 cm³/mol. The molecule has 0 radical (unpaired) electrons. The number of nitrogens with zero attached hydrogens (tertiary/aromatic N) is 3. The van der Waals surface area contributed by atoms with Gasteiger partial charge < -0.3 is 25.2 Å². The minimum atomic E-state index is -1.34. The number of aliphatic imine (C=N–C) groups is 1. The number of nitrogens with one attached hydrogen (secondary N) is 2. The number of esters is 1. The Bertz CT molecular complexity index is 838. The van der Waals surface area contributed by atoms with Gasteiger partial charge in [-0.15, -0.1) is 0 Å². The lowest BCUT2D eigenvalue weighted by Crippen LogP contribution is -2.38. The number of carbonyl (C=O) groups is 3. The molecule has 1 saturated heterocycles. The van der Waals surface area contributed by atoms with Crippen molar-refractivity contribution in [2.24, 2.45) is 4.99 Å². The second-order valence-electron chi connectivity index (χ2n) is 6.26. The van der Waals surface area contributed by atoms with Gasteiger partial charge in [0.25, 0.3) is 0 Å². The fourth-order valence-corrected chi connectivity index (χ4v) is 3.20. The summed E-state index contributed by atoms with van der Waals surface area (Å²) in [6, 6.07) is 0. The van der Waals surface area contributed by atoms with Gasteiger partial charge in [-0.1, -0.05) is 0 Å². The Morgan fingerprint density at radius 1 is 1.45 bits per heavy atom. The summed E-state index contributed by atoms with van der Waals surface area (Å²) in [4.78, 5) is 52.3. The smallest absolute Gasteiger partial charge is 0.303 e. The van der Waals surface area contributed by atoms with E-state index in [1.54, 1.807) is 0 Å². The Kier molecular flexibility index (Phi) is 6.22. The number of amides is 1. The maximum atomic E-state index is 11.6. The van der Waals surface area contributed by atoms with Gasteiger partial charge in [0.2, 0.25) is 5.91 Å². The van der Waals surface area contributed by atoms with Crippen molar-refractivity contribution in [3.63, 3.8) is 0 Å². The molecule has 29 heavy (non-hydrogen) atoms. The van der Waals surface area contributed by atoms with E-state index in [2.05, 4.69) is 25.5 Å². The normalized spacial score (nSPS) is 25.6. The maximum Gasteiger partial charge on any atom is 0.303 e. The van der Waals surface area contributed by atoms with Gasteiger partial charge in [-0.2, -0.15) is 0 Å². The molecule has 2 aliphatic rings. The average molecular weight is 411 g/mol. The molecule has 13 heteroatoms. The number of rotatable bonds is 6. The first-order valence-electron chi connectivity index (χ1n) is 8.67. The van der Waals surface area contributed by atoms with Crippen LogP contribution in [0.4, 0.5) is 5.82 Å².